The van der Waals surface area contributed by atoms with Gasteiger partial charge in [0.1, 0.15) is 5.54 Å². The SMILES string of the molecule is CCC(C#N)(CCCN(C)CCN1CCCC1)NC. The number of nitrogens with zero attached hydrogens (tertiary/aromatic N) is 3. The lowest BCUT2D eigenvalue weighted by Gasteiger charge is -2.26. The van der Waals surface area contributed by atoms with E-state index in [1.807, 2.05) is 7.05 Å². The first-order chi connectivity index (χ1) is 9.15. The molecule has 19 heavy (non-hydrogen) atoms. The van der Waals surface area contributed by atoms with Crippen molar-refractivity contribution < 1.29 is 0 Å². The summed E-state index contributed by atoms with van der Waals surface area (Å²) < 4.78 is 0. The maximum Gasteiger partial charge on any atom is 0.106 e. The van der Waals surface area contributed by atoms with Crippen LogP contribution in [0.2, 0.25) is 0 Å². The van der Waals surface area contributed by atoms with Gasteiger partial charge in [-0.25, -0.2) is 0 Å². The second-order valence-electron chi connectivity index (χ2n) is 5.75. The zero-order valence-electron chi connectivity index (χ0n) is 12.9. The molecule has 1 atom stereocenters. The van der Waals surface area contributed by atoms with Gasteiger partial charge in [0, 0.05) is 13.1 Å². The first kappa shape index (κ1) is 16.4. The first-order valence-corrected chi connectivity index (χ1v) is 7.67. The smallest absolute Gasteiger partial charge is 0.106 e. The van der Waals surface area contributed by atoms with Crippen molar-refractivity contribution in [1.29, 1.82) is 5.26 Å². The van der Waals surface area contributed by atoms with E-state index in [4.69, 9.17) is 0 Å². The third-order valence-corrected chi connectivity index (χ3v) is 4.44. The van der Waals surface area contributed by atoms with Crippen molar-refractivity contribution in [3.05, 3.63) is 0 Å². The van der Waals surface area contributed by atoms with Crippen molar-refractivity contribution in [2.24, 2.45) is 0 Å². The number of rotatable bonds is 9. The Balaban J connectivity index is 2.15. The molecule has 0 saturated carbocycles. The van der Waals surface area contributed by atoms with Crippen LogP contribution in [0.5, 0.6) is 0 Å². The molecule has 1 fully saturated rings. The fraction of sp³-hybridized carbons (Fsp3) is 0.933. The summed E-state index contributed by atoms with van der Waals surface area (Å²) in [5, 5.41) is 12.4. The predicted octanol–water partition coefficient (Wildman–Crippen LogP) is 1.69. The molecular weight excluding hydrogens is 236 g/mol. The van der Waals surface area contributed by atoms with Gasteiger partial charge in [-0.1, -0.05) is 6.92 Å². The van der Waals surface area contributed by atoms with E-state index in [9.17, 15) is 5.26 Å². The Morgan fingerprint density at radius 3 is 2.53 bits per heavy atom. The zero-order valence-corrected chi connectivity index (χ0v) is 12.9. The molecule has 1 aliphatic rings. The third kappa shape index (κ3) is 5.48. The van der Waals surface area contributed by atoms with E-state index < -0.39 is 0 Å². The number of hydrogen-bond donors (Lipinski definition) is 1. The fourth-order valence-electron chi connectivity index (χ4n) is 2.75. The van der Waals surface area contributed by atoms with Crippen LogP contribution in [0.1, 0.15) is 39.0 Å². The monoisotopic (exact) mass is 266 g/mol. The Morgan fingerprint density at radius 1 is 1.32 bits per heavy atom. The molecule has 0 aromatic carbocycles. The van der Waals surface area contributed by atoms with Crippen LogP contribution in [0, 0.1) is 11.3 Å². The van der Waals surface area contributed by atoms with Gasteiger partial charge < -0.3 is 15.1 Å². The summed E-state index contributed by atoms with van der Waals surface area (Å²) in [4.78, 5) is 4.95. The lowest BCUT2D eigenvalue weighted by atomic mass is 9.92. The predicted molar refractivity (Wildman–Crippen MR) is 80.1 cm³/mol. The molecule has 4 nitrogen and oxygen atoms in total. The number of hydrogen-bond acceptors (Lipinski definition) is 4. The average molecular weight is 266 g/mol. The molecule has 0 amide bonds. The van der Waals surface area contributed by atoms with E-state index in [0.717, 1.165) is 32.4 Å². The van der Waals surface area contributed by atoms with Gasteiger partial charge >= 0.3 is 0 Å². The van der Waals surface area contributed by atoms with Crippen molar-refractivity contribution in [3.8, 4) is 6.07 Å². The third-order valence-electron chi connectivity index (χ3n) is 4.44. The summed E-state index contributed by atoms with van der Waals surface area (Å²) in [5.41, 5.74) is -0.324. The molecule has 1 aliphatic heterocycles. The molecule has 0 spiro atoms. The molecular formula is C15H30N4. The van der Waals surface area contributed by atoms with Crippen molar-refractivity contribution in [3.63, 3.8) is 0 Å². The van der Waals surface area contributed by atoms with Gasteiger partial charge in [0.25, 0.3) is 0 Å². The van der Waals surface area contributed by atoms with Gasteiger partial charge in [-0.2, -0.15) is 5.26 Å². The van der Waals surface area contributed by atoms with Crippen LogP contribution < -0.4 is 5.32 Å². The summed E-state index contributed by atoms with van der Waals surface area (Å²) >= 11 is 0. The Morgan fingerprint density at radius 2 is 2.00 bits per heavy atom. The minimum atomic E-state index is -0.324. The van der Waals surface area contributed by atoms with Crippen molar-refractivity contribution >= 4 is 0 Å². The van der Waals surface area contributed by atoms with E-state index in [1.165, 1.54) is 32.5 Å². The molecule has 4 heteroatoms. The van der Waals surface area contributed by atoms with Crippen molar-refractivity contribution in [2.45, 2.75) is 44.6 Å². The summed E-state index contributed by atoms with van der Waals surface area (Å²) in [6.45, 7) is 8.06. The minimum Gasteiger partial charge on any atom is -0.305 e. The van der Waals surface area contributed by atoms with Crippen LogP contribution in [0.3, 0.4) is 0 Å². The van der Waals surface area contributed by atoms with Gasteiger partial charge in [0.2, 0.25) is 0 Å². The summed E-state index contributed by atoms with van der Waals surface area (Å²) in [5.74, 6) is 0. The van der Waals surface area contributed by atoms with Crippen LogP contribution in [-0.4, -0.2) is 62.2 Å². The maximum atomic E-state index is 9.26. The first-order valence-electron chi connectivity index (χ1n) is 7.67. The molecule has 1 N–H and O–H groups in total. The van der Waals surface area contributed by atoms with Gasteiger partial charge in [-0.15, -0.1) is 0 Å². The molecule has 0 bridgehead atoms. The van der Waals surface area contributed by atoms with Crippen molar-refractivity contribution in [1.82, 2.24) is 15.1 Å². The topological polar surface area (TPSA) is 42.3 Å². The number of nitriles is 1. The Labute approximate surface area is 118 Å². The second-order valence-corrected chi connectivity index (χ2v) is 5.75. The standard InChI is InChI=1S/C15H30N4/c1-4-15(14-16,17-2)8-7-9-18(3)12-13-19-10-5-6-11-19/h17H,4-13H2,1-3H3. The molecule has 1 saturated heterocycles. The van der Waals surface area contributed by atoms with Crippen LogP contribution in [0.15, 0.2) is 0 Å². The summed E-state index contributed by atoms with van der Waals surface area (Å²) in [6.07, 6.45) is 5.63. The lowest BCUT2D eigenvalue weighted by molar-refractivity contribution is 0.247. The molecule has 0 aliphatic carbocycles. The fourth-order valence-corrected chi connectivity index (χ4v) is 2.75. The largest absolute Gasteiger partial charge is 0.305 e. The molecule has 1 heterocycles. The highest BCUT2D eigenvalue weighted by molar-refractivity contribution is 5.05. The van der Waals surface area contributed by atoms with Crippen LogP contribution >= 0.6 is 0 Å². The Hall–Kier alpha value is -0.630. The maximum absolute atomic E-state index is 9.26. The molecule has 0 radical (unpaired) electrons. The van der Waals surface area contributed by atoms with Crippen LogP contribution in [0.4, 0.5) is 0 Å². The highest BCUT2D eigenvalue weighted by Gasteiger charge is 2.24. The van der Waals surface area contributed by atoms with Crippen LogP contribution in [0.25, 0.3) is 0 Å². The molecule has 1 rings (SSSR count). The average Bonchev–Trinajstić information content (AvgIpc) is 2.95. The van der Waals surface area contributed by atoms with Gasteiger partial charge in [0.15, 0.2) is 0 Å². The van der Waals surface area contributed by atoms with E-state index in [2.05, 4.69) is 35.2 Å². The normalized spacial score (nSPS) is 19.5. The van der Waals surface area contributed by atoms with E-state index >= 15 is 0 Å². The number of likely N-dealkylation sites (tertiary alicyclic amines) is 1. The molecule has 1 unspecified atom stereocenters. The van der Waals surface area contributed by atoms with Gasteiger partial charge in [0.05, 0.1) is 6.07 Å². The number of likely N-dealkylation sites (N-methyl/N-ethyl adjacent to an activating group) is 1. The second kappa shape index (κ2) is 8.52. The van der Waals surface area contributed by atoms with Gasteiger partial charge in [-0.05, 0) is 65.8 Å². The molecule has 0 aromatic rings. The quantitative estimate of drug-likeness (QED) is 0.689. The molecule has 110 valence electrons. The summed E-state index contributed by atoms with van der Waals surface area (Å²) in [7, 11) is 4.08. The lowest BCUT2D eigenvalue weighted by Crippen LogP contribution is -2.41. The highest BCUT2D eigenvalue weighted by atomic mass is 15.2. The van der Waals surface area contributed by atoms with Crippen LogP contribution in [-0.2, 0) is 0 Å². The summed E-state index contributed by atoms with van der Waals surface area (Å²) in [6, 6.07) is 2.43. The van der Waals surface area contributed by atoms with E-state index in [0.29, 0.717) is 0 Å². The Kier molecular flexibility index (Phi) is 7.37. The van der Waals surface area contributed by atoms with E-state index in [1.54, 1.807) is 0 Å². The minimum absolute atomic E-state index is 0.324. The van der Waals surface area contributed by atoms with E-state index in [-0.39, 0.29) is 5.54 Å². The van der Waals surface area contributed by atoms with Crippen molar-refractivity contribution in [2.75, 3.05) is 46.8 Å². The Bertz CT molecular complexity index is 274. The van der Waals surface area contributed by atoms with Gasteiger partial charge in [-0.3, -0.25) is 0 Å². The highest BCUT2D eigenvalue weighted by Crippen LogP contribution is 2.16. The number of nitrogens with one attached hydrogen (secondary N) is 1. The molecule has 0 aromatic heterocycles. The zero-order chi connectivity index (χ0) is 14.1.